The third-order valence-electron chi connectivity index (χ3n) is 3.34. The molecule has 8 heteroatoms. The average Bonchev–Trinajstić information content (AvgIpc) is 2.66. The third kappa shape index (κ3) is 6.62. The van der Waals surface area contributed by atoms with Crippen LogP contribution < -0.4 is 20.8 Å². The van der Waals surface area contributed by atoms with E-state index in [2.05, 4.69) is 21.2 Å². The van der Waals surface area contributed by atoms with Crippen molar-refractivity contribution >= 4 is 29.6 Å². The van der Waals surface area contributed by atoms with Crippen LogP contribution in [0.5, 0.6) is 5.75 Å². The van der Waals surface area contributed by atoms with Gasteiger partial charge in [0, 0.05) is 12.7 Å². The number of nitrogens with one attached hydrogen (secondary N) is 3. The Hall–Kier alpha value is -3.68. The number of ether oxygens (including phenoxy) is 1. The fraction of sp³-hybridized carbons (Fsp3) is 0.158. The van der Waals surface area contributed by atoms with Crippen LogP contribution in [0.25, 0.3) is 0 Å². The summed E-state index contributed by atoms with van der Waals surface area (Å²) >= 11 is 0. The summed E-state index contributed by atoms with van der Waals surface area (Å²) < 4.78 is 5.47. The minimum Gasteiger partial charge on any atom is -0.484 e. The lowest BCUT2D eigenvalue weighted by atomic mass is 10.2. The van der Waals surface area contributed by atoms with Crippen LogP contribution in [0.15, 0.2) is 53.6 Å². The highest BCUT2D eigenvalue weighted by Gasteiger charge is 2.09. The molecule has 0 heterocycles. The van der Waals surface area contributed by atoms with Crippen LogP contribution in [-0.4, -0.2) is 37.6 Å². The molecular weight excluding hydrogens is 348 g/mol. The zero-order valence-electron chi connectivity index (χ0n) is 15.0. The molecule has 0 unspecified atom stereocenters. The summed E-state index contributed by atoms with van der Waals surface area (Å²) in [6, 6.07) is 14.3. The van der Waals surface area contributed by atoms with Gasteiger partial charge in [0.05, 0.1) is 6.21 Å². The molecule has 2 rings (SSSR count). The number of rotatable bonds is 6. The molecule has 0 aliphatic carbocycles. The van der Waals surface area contributed by atoms with Gasteiger partial charge in [-0.3, -0.25) is 14.4 Å². The first-order valence-electron chi connectivity index (χ1n) is 8.12. The van der Waals surface area contributed by atoms with E-state index in [-0.39, 0.29) is 12.5 Å². The van der Waals surface area contributed by atoms with Gasteiger partial charge in [0.15, 0.2) is 6.61 Å². The minimum absolute atomic E-state index is 0.151. The zero-order valence-corrected chi connectivity index (χ0v) is 15.0. The number of carbonyl (C=O) groups excluding carboxylic acids is 3. The van der Waals surface area contributed by atoms with Crippen molar-refractivity contribution < 1.29 is 19.1 Å². The van der Waals surface area contributed by atoms with Gasteiger partial charge >= 0.3 is 11.8 Å². The van der Waals surface area contributed by atoms with E-state index in [9.17, 15) is 14.4 Å². The minimum atomic E-state index is -0.867. The molecule has 0 bridgehead atoms. The molecule has 3 N–H and O–H groups in total. The van der Waals surface area contributed by atoms with Crippen molar-refractivity contribution in [1.82, 2.24) is 10.7 Å². The number of anilines is 1. The van der Waals surface area contributed by atoms with E-state index in [4.69, 9.17) is 4.74 Å². The van der Waals surface area contributed by atoms with E-state index in [1.807, 2.05) is 25.1 Å². The molecule has 27 heavy (non-hydrogen) atoms. The van der Waals surface area contributed by atoms with Gasteiger partial charge in [0.25, 0.3) is 5.91 Å². The van der Waals surface area contributed by atoms with Crippen LogP contribution in [-0.2, 0) is 14.4 Å². The summed E-state index contributed by atoms with van der Waals surface area (Å²) in [4.78, 5) is 34.3. The smallest absolute Gasteiger partial charge is 0.329 e. The van der Waals surface area contributed by atoms with Gasteiger partial charge in [-0.05, 0) is 42.3 Å². The van der Waals surface area contributed by atoms with Crippen molar-refractivity contribution in [3.63, 3.8) is 0 Å². The fourth-order valence-electron chi connectivity index (χ4n) is 2.08. The van der Waals surface area contributed by atoms with Crippen molar-refractivity contribution in [3.05, 3.63) is 59.7 Å². The highest BCUT2D eigenvalue weighted by Crippen LogP contribution is 2.13. The second-order valence-corrected chi connectivity index (χ2v) is 5.56. The first-order valence-corrected chi connectivity index (χ1v) is 8.12. The maximum atomic E-state index is 12.0. The van der Waals surface area contributed by atoms with E-state index in [0.717, 1.165) is 5.56 Å². The summed E-state index contributed by atoms with van der Waals surface area (Å²) in [5.74, 6) is -1.47. The standard InChI is InChI=1S/C19H20N4O4/c1-13-5-3-7-15(9-13)22-17(24)12-27-16-8-4-6-14(10-16)11-21-23-19(26)18(25)20-2/h3-11H,12H2,1-2H3,(H,20,25)(H,22,24)(H,23,26)/b21-11-. The SMILES string of the molecule is CNC(=O)C(=O)N/N=C\c1cccc(OCC(=O)Nc2cccc(C)c2)c1. The molecule has 0 spiro atoms. The molecule has 0 saturated carbocycles. The van der Waals surface area contributed by atoms with E-state index >= 15 is 0 Å². The van der Waals surface area contributed by atoms with Crippen molar-refractivity contribution in [3.8, 4) is 5.75 Å². The van der Waals surface area contributed by atoms with Crippen LogP contribution in [0, 0.1) is 6.92 Å². The van der Waals surface area contributed by atoms with Crippen LogP contribution in [0.1, 0.15) is 11.1 Å². The van der Waals surface area contributed by atoms with Gasteiger partial charge in [-0.25, -0.2) is 5.43 Å². The van der Waals surface area contributed by atoms with Gasteiger partial charge in [0.2, 0.25) is 0 Å². The van der Waals surface area contributed by atoms with Gasteiger partial charge in [0.1, 0.15) is 5.75 Å². The number of amides is 3. The van der Waals surface area contributed by atoms with E-state index in [0.29, 0.717) is 17.0 Å². The van der Waals surface area contributed by atoms with E-state index in [1.54, 1.807) is 30.3 Å². The molecule has 0 saturated heterocycles. The van der Waals surface area contributed by atoms with Gasteiger partial charge in [-0.2, -0.15) is 5.10 Å². The molecule has 0 aliphatic rings. The molecule has 3 amide bonds. The summed E-state index contributed by atoms with van der Waals surface area (Å²) in [5, 5.41) is 8.63. The highest BCUT2D eigenvalue weighted by atomic mass is 16.5. The average molecular weight is 368 g/mol. The Bertz CT molecular complexity index is 864. The van der Waals surface area contributed by atoms with Crippen LogP contribution in [0.4, 0.5) is 5.69 Å². The van der Waals surface area contributed by atoms with Crippen LogP contribution in [0.3, 0.4) is 0 Å². The summed E-state index contributed by atoms with van der Waals surface area (Å²) in [7, 11) is 1.35. The molecule has 0 atom stereocenters. The number of hydrogen-bond acceptors (Lipinski definition) is 5. The molecule has 0 fully saturated rings. The Morgan fingerprint density at radius 1 is 1.07 bits per heavy atom. The van der Waals surface area contributed by atoms with Crippen molar-refractivity contribution in [2.24, 2.45) is 5.10 Å². The number of hydrogen-bond donors (Lipinski definition) is 3. The van der Waals surface area contributed by atoms with E-state index in [1.165, 1.54) is 13.3 Å². The van der Waals surface area contributed by atoms with Gasteiger partial charge < -0.3 is 15.4 Å². The number of likely N-dealkylation sites (N-methyl/N-ethyl adjacent to an activating group) is 1. The molecule has 8 nitrogen and oxygen atoms in total. The molecular formula is C19H20N4O4. The van der Waals surface area contributed by atoms with Crippen LogP contribution >= 0.6 is 0 Å². The van der Waals surface area contributed by atoms with Crippen molar-refractivity contribution in [1.29, 1.82) is 0 Å². The normalized spacial score (nSPS) is 10.3. The topological polar surface area (TPSA) is 109 Å². The molecule has 0 aromatic heterocycles. The molecule has 0 radical (unpaired) electrons. The largest absolute Gasteiger partial charge is 0.484 e. The van der Waals surface area contributed by atoms with Crippen molar-refractivity contribution in [2.75, 3.05) is 19.0 Å². The Labute approximate surface area is 156 Å². The summed E-state index contributed by atoms with van der Waals surface area (Å²) in [6.07, 6.45) is 1.36. The molecule has 2 aromatic carbocycles. The van der Waals surface area contributed by atoms with E-state index < -0.39 is 11.8 Å². The van der Waals surface area contributed by atoms with Gasteiger partial charge in [-0.1, -0.05) is 24.3 Å². The summed E-state index contributed by atoms with van der Waals surface area (Å²) in [5.41, 5.74) is 4.48. The van der Waals surface area contributed by atoms with Gasteiger partial charge in [-0.15, -0.1) is 0 Å². The quantitative estimate of drug-likeness (QED) is 0.404. The Morgan fingerprint density at radius 3 is 2.59 bits per heavy atom. The third-order valence-corrected chi connectivity index (χ3v) is 3.34. The second-order valence-electron chi connectivity index (χ2n) is 5.56. The van der Waals surface area contributed by atoms with Crippen molar-refractivity contribution in [2.45, 2.75) is 6.92 Å². The number of nitrogens with zero attached hydrogens (tertiary/aromatic N) is 1. The number of carbonyl (C=O) groups is 3. The summed E-state index contributed by atoms with van der Waals surface area (Å²) in [6.45, 7) is 1.79. The Morgan fingerprint density at radius 2 is 1.85 bits per heavy atom. The zero-order chi connectivity index (χ0) is 19.6. The second kappa shape index (κ2) is 9.71. The Balaban J connectivity index is 1.87. The predicted molar refractivity (Wildman–Crippen MR) is 102 cm³/mol. The molecule has 140 valence electrons. The lowest BCUT2D eigenvalue weighted by molar-refractivity contribution is -0.138. The predicted octanol–water partition coefficient (Wildman–Crippen LogP) is 1.21. The molecule has 0 aliphatic heterocycles. The number of aryl methyl sites for hydroxylation is 1. The molecule has 2 aromatic rings. The fourth-order valence-corrected chi connectivity index (χ4v) is 2.08. The maximum Gasteiger partial charge on any atom is 0.329 e. The number of benzene rings is 2. The Kier molecular flexibility index (Phi) is 7.07. The maximum absolute atomic E-state index is 12.0. The van der Waals surface area contributed by atoms with Crippen LogP contribution in [0.2, 0.25) is 0 Å². The number of hydrazone groups is 1. The lowest BCUT2D eigenvalue weighted by Crippen LogP contribution is -2.35. The lowest BCUT2D eigenvalue weighted by Gasteiger charge is -2.08. The monoisotopic (exact) mass is 368 g/mol. The highest BCUT2D eigenvalue weighted by molar-refractivity contribution is 6.34. The first kappa shape index (κ1) is 19.6. The first-order chi connectivity index (χ1) is 13.0.